The molecule has 0 unspecified atom stereocenters. The molecule has 0 radical (unpaired) electrons. The second-order valence-corrected chi connectivity index (χ2v) is 13.4. The molecular weight excluding hydrogens is 609 g/mol. The first-order chi connectivity index (χ1) is 20.2. The lowest BCUT2D eigenvalue weighted by Gasteiger charge is -2.38. The van der Waals surface area contributed by atoms with Crippen molar-refractivity contribution in [1.82, 2.24) is 9.21 Å². The molecule has 1 aromatic heterocycles. The molecule has 0 aliphatic carbocycles. The van der Waals surface area contributed by atoms with Crippen molar-refractivity contribution in [2.24, 2.45) is 5.92 Å². The topological polar surface area (TPSA) is 128 Å². The van der Waals surface area contributed by atoms with Crippen molar-refractivity contribution in [2.75, 3.05) is 37.4 Å². The Bertz CT molecular complexity index is 1550. The van der Waals surface area contributed by atoms with Crippen LogP contribution in [0.1, 0.15) is 29.8 Å². The number of likely N-dealkylation sites (N-methyl/N-ethyl adjacent to an activating group) is 1. The Morgan fingerprint density at radius 2 is 1.81 bits per heavy atom. The molecule has 0 saturated heterocycles. The number of rotatable bonds is 8. The molecule has 1 aliphatic rings. The second-order valence-electron chi connectivity index (χ2n) is 10.2. The molecule has 0 bridgehead atoms. The number of hydrogen-bond donors (Lipinski definition) is 3. The molecule has 232 valence electrons. The van der Waals surface area contributed by atoms with Gasteiger partial charge in [0.1, 0.15) is 16.1 Å². The maximum atomic E-state index is 13.6. The predicted molar refractivity (Wildman–Crippen MR) is 156 cm³/mol. The minimum atomic E-state index is -4.51. The van der Waals surface area contributed by atoms with Crippen LogP contribution in [0.15, 0.2) is 64.2 Å². The van der Waals surface area contributed by atoms with Crippen molar-refractivity contribution in [1.29, 1.82) is 0 Å². The largest absolute Gasteiger partial charge is 0.488 e. The fourth-order valence-electron chi connectivity index (χ4n) is 4.47. The zero-order chi connectivity index (χ0) is 31.5. The number of ether oxygens (including phenoxy) is 1. The van der Waals surface area contributed by atoms with Gasteiger partial charge in [-0.1, -0.05) is 13.0 Å². The lowest BCUT2D eigenvalue weighted by molar-refractivity contribution is -0.137. The number of thiophene rings is 1. The Morgan fingerprint density at radius 1 is 1.16 bits per heavy atom. The molecule has 2 aromatic carbocycles. The fourth-order valence-corrected chi connectivity index (χ4v) is 6.85. The van der Waals surface area contributed by atoms with Crippen LogP contribution in [0.4, 0.5) is 29.3 Å². The molecule has 43 heavy (non-hydrogen) atoms. The highest BCUT2D eigenvalue weighted by atomic mass is 32.2. The highest BCUT2D eigenvalue weighted by molar-refractivity contribution is 7.91. The van der Waals surface area contributed by atoms with E-state index in [1.807, 2.05) is 6.92 Å². The summed E-state index contributed by atoms with van der Waals surface area (Å²) in [6, 6.07) is 10.1. The van der Waals surface area contributed by atoms with Crippen molar-refractivity contribution in [3.8, 4) is 5.75 Å². The van der Waals surface area contributed by atoms with Gasteiger partial charge in [0.2, 0.25) is 0 Å². The highest BCUT2D eigenvalue weighted by Gasteiger charge is 2.35. The van der Waals surface area contributed by atoms with Gasteiger partial charge in [0, 0.05) is 30.9 Å². The van der Waals surface area contributed by atoms with Gasteiger partial charge in [-0.15, -0.1) is 11.3 Å². The molecule has 2 heterocycles. The Balaban J connectivity index is 1.58. The average Bonchev–Trinajstić information content (AvgIpc) is 3.51. The third kappa shape index (κ3) is 7.47. The first kappa shape index (κ1) is 32.3. The summed E-state index contributed by atoms with van der Waals surface area (Å²) in [6.45, 7) is 3.32. The number of nitrogens with one attached hydrogen (secondary N) is 2. The minimum absolute atomic E-state index is 0.0219. The number of sulfonamides is 1. The van der Waals surface area contributed by atoms with E-state index in [9.17, 15) is 36.3 Å². The molecule has 3 amide bonds. The summed E-state index contributed by atoms with van der Waals surface area (Å²) >= 11 is 1.10. The van der Waals surface area contributed by atoms with Crippen LogP contribution < -0.4 is 15.4 Å². The van der Waals surface area contributed by atoms with Crippen LogP contribution in [-0.4, -0.2) is 73.6 Å². The number of aliphatic hydroxyl groups excluding tert-OH is 1. The fraction of sp³-hybridized carbons (Fsp3) is 0.357. The van der Waals surface area contributed by atoms with Crippen LogP contribution in [0.2, 0.25) is 0 Å². The van der Waals surface area contributed by atoms with Crippen LogP contribution in [0.5, 0.6) is 5.75 Å². The summed E-state index contributed by atoms with van der Waals surface area (Å²) < 4.78 is 72.2. The molecule has 1 aliphatic heterocycles. The number of benzene rings is 2. The first-order valence-electron chi connectivity index (χ1n) is 13.2. The van der Waals surface area contributed by atoms with Gasteiger partial charge in [-0.2, -0.15) is 17.5 Å². The number of carbonyl (C=O) groups is 2. The second kappa shape index (κ2) is 12.9. The van der Waals surface area contributed by atoms with Crippen LogP contribution >= 0.6 is 11.3 Å². The Morgan fingerprint density at radius 3 is 2.42 bits per heavy atom. The van der Waals surface area contributed by atoms with E-state index < -0.39 is 45.8 Å². The number of urea groups is 1. The lowest BCUT2D eigenvalue weighted by atomic mass is 9.99. The summed E-state index contributed by atoms with van der Waals surface area (Å²) in [5.74, 6) is -0.639. The molecule has 0 fully saturated rings. The molecule has 0 spiro atoms. The quantitative estimate of drug-likeness (QED) is 0.320. The number of anilines is 2. The lowest BCUT2D eigenvalue weighted by Crippen LogP contribution is -2.50. The number of amides is 3. The molecular formula is C28H31F3N4O6S2. The van der Waals surface area contributed by atoms with Crippen molar-refractivity contribution in [2.45, 2.75) is 36.4 Å². The first-order valence-corrected chi connectivity index (χ1v) is 15.5. The molecule has 4 rings (SSSR count). The number of hydrogen-bond acceptors (Lipinski definition) is 7. The predicted octanol–water partition coefficient (Wildman–Crippen LogP) is 4.95. The molecule has 3 atom stereocenters. The monoisotopic (exact) mass is 640 g/mol. The van der Waals surface area contributed by atoms with Gasteiger partial charge < -0.3 is 25.4 Å². The van der Waals surface area contributed by atoms with Crippen molar-refractivity contribution < 1.29 is 41.0 Å². The minimum Gasteiger partial charge on any atom is -0.488 e. The van der Waals surface area contributed by atoms with Gasteiger partial charge in [-0.05, 0) is 60.8 Å². The van der Waals surface area contributed by atoms with Crippen LogP contribution in [0, 0.1) is 5.92 Å². The maximum Gasteiger partial charge on any atom is 0.416 e. The summed E-state index contributed by atoms with van der Waals surface area (Å²) in [5, 5.41) is 16.5. The molecule has 3 N–H and O–H groups in total. The van der Waals surface area contributed by atoms with Crippen molar-refractivity contribution in [3.05, 3.63) is 71.1 Å². The van der Waals surface area contributed by atoms with E-state index in [0.29, 0.717) is 0 Å². The number of alkyl halides is 3. The van der Waals surface area contributed by atoms with E-state index in [4.69, 9.17) is 4.74 Å². The number of fused-ring (bicyclic) bond motifs is 1. The molecule has 0 saturated carbocycles. The SMILES string of the molecule is C[C@H](CO)N1C[C@H](C)[C@@H](CN(C)S(=O)(=O)c2cccs2)Oc2ccc(NC(=O)Nc3ccc(C(F)(F)F)cc3)cc2C1=O. The number of nitrogens with zero attached hydrogens (tertiary/aromatic N) is 2. The van der Waals surface area contributed by atoms with E-state index in [1.54, 1.807) is 18.4 Å². The smallest absolute Gasteiger partial charge is 0.416 e. The third-order valence-corrected chi connectivity index (χ3v) is 10.2. The number of carbonyl (C=O) groups excluding carboxylic acids is 2. The molecule has 10 nitrogen and oxygen atoms in total. The Labute approximate surface area is 251 Å². The van der Waals surface area contributed by atoms with Crippen LogP contribution in [0.3, 0.4) is 0 Å². The normalized spacial score (nSPS) is 18.3. The zero-order valence-corrected chi connectivity index (χ0v) is 25.1. The van der Waals surface area contributed by atoms with Gasteiger partial charge in [0.15, 0.2) is 0 Å². The maximum absolute atomic E-state index is 13.6. The molecule has 3 aromatic rings. The van der Waals surface area contributed by atoms with E-state index in [1.165, 1.54) is 40.5 Å². The summed E-state index contributed by atoms with van der Waals surface area (Å²) in [5.41, 5.74) is -0.464. The average molecular weight is 641 g/mol. The van der Waals surface area contributed by atoms with Crippen molar-refractivity contribution >= 4 is 44.7 Å². The number of aliphatic hydroxyl groups is 1. The van der Waals surface area contributed by atoms with Crippen molar-refractivity contribution in [3.63, 3.8) is 0 Å². The van der Waals surface area contributed by atoms with E-state index in [0.717, 1.165) is 35.6 Å². The standard InChI is InChI=1S/C28H31F3N4O6S2/c1-17-14-35(18(2)16-36)26(37)22-13-21(33-27(38)32-20-8-6-19(7-9-20)28(29,30)31)10-11-23(22)41-24(17)15-34(3)43(39,40)25-5-4-12-42-25/h4-13,17-18,24,36H,14-16H2,1-3H3,(H2,32,33,38)/t17-,18+,24+/m0/s1. The number of halogens is 3. The van der Waals surface area contributed by atoms with Crippen LogP contribution in [-0.2, 0) is 16.2 Å². The Kier molecular flexibility index (Phi) is 9.69. The van der Waals surface area contributed by atoms with Gasteiger partial charge >= 0.3 is 12.2 Å². The highest BCUT2D eigenvalue weighted by Crippen LogP contribution is 2.32. The van der Waals surface area contributed by atoms with Gasteiger partial charge in [0.05, 0.1) is 30.3 Å². The summed E-state index contributed by atoms with van der Waals surface area (Å²) in [6.07, 6.45) is -5.19. The van der Waals surface area contributed by atoms with E-state index in [-0.39, 0.29) is 52.5 Å². The zero-order valence-electron chi connectivity index (χ0n) is 23.5. The summed E-state index contributed by atoms with van der Waals surface area (Å²) in [7, 11) is -2.33. The van der Waals surface area contributed by atoms with E-state index in [2.05, 4.69) is 10.6 Å². The summed E-state index contributed by atoms with van der Waals surface area (Å²) in [4.78, 5) is 27.7. The van der Waals surface area contributed by atoms with Gasteiger partial charge in [0.25, 0.3) is 15.9 Å². The van der Waals surface area contributed by atoms with Gasteiger partial charge in [-0.25, -0.2) is 13.2 Å². The Hall–Kier alpha value is -3.66. The van der Waals surface area contributed by atoms with Crippen LogP contribution in [0.25, 0.3) is 0 Å². The van der Waals surface area contributed by atoms with Gasteiger partial charge in [-0.3, -0.25) is 4.79 Å². The van der Waals surface area contributed by atoms with E-state index >= 15 is 0 Å². The third-order valence-electron chi connectivity index (χ3n) is 6.99. The molecule has 15 heteroatoms.